The molecule has 0 amide bonds. The lowest BCUT2D eigenvalue weighted by Gasteiger charge is -2.18. The van der Waals surface area contributed by atoms with Gasteiger partial charge in [-0.1, -0.05) is 25.1 Å². The van der Waals surface area contributed by atoms with Crippen molar-refractivity contribution in [3.63, 3.8) is 0 Å². The summed E-state index contributed by atoms with van der Waals surface area (Å²) >= 11 is 0. The number of benzene rings is 1. The van der Waals surface area contributed by atoms with E-state index < -0.39 is 0 Å². The average Bonchev–Trinajstić information content (AvgIpc) is 3.04. The molecule has 1 atom stereocenters. The van der Waals surface area contributed by atoms with Gasteiger partial charge in [0, 0.05) is 19.0 Å². The Morgan fingerprint density at radius 1 is 1.33 bits per heavy atom. The molecule has 0 bridgehead atoms. The minimum atomic E-state index is 0.494. The van der Waals surface area contributed by atoms with Gasteiger partial charge in [-0.15, -0.1) is 5.10 Å². The zero-order valence-electron chi connectivity index (χ0n) is 12.6. The van der Waals surface area contributed by atoms with Crippen LogP contribution in [0.3, 0.4) is 0 Å². The first kappa shape index (κ1) is 13.9. The predicted molar refractivity (Wildman–Crippen MR) is 84.0 cm³/mol. The number of anilines is 1. The highest BCUT2D eigenvalue weighted by atomic mass is 16.5. The van der Waals surface area contributed by atoms with E-state index in [-0.39, 0.29) is 0 Å². The first-order chi connectivity index (χ1) is 10.3. The lowest BCUT2D eigenvalue weighted by molar-refractivity contribution is 0.406. The Balaban J connectivity index is 1.78. The van der Waals surface area contributed by atoms with Gasteiger partial charge >= 0.3 is 0 Å². The summed E-state index contributed by atoms with van der Waals surface area (Å²) in [6.07, 6.45) is 3.96. The Morgan fingerprint density at radius 3 is 3.00 bits per heavy atom. The van der Waals surface area contributed by atoms with Crippen molar-refractivity contribution in [2.45, 2.75) is 25.7 Å². The smallest absolute Gasteiger partial charge is 0.151 e. The second-order valence-corrected chi connectivity index (χ2v) is 5.45. The van der Waals surface area contributed by atoms with Gasteiger partial charge < -0.3 is 9.64 Å². The summed E-state index contributed by atoms with van der Waals surface area (Å²) in [6, 6.07) is 10.5. The van der Waals surface area contributed by atoms with Gasteiger partial charge in [0.05, 0.1) is 13.3 Å². The highest BCUT2D eigenvalue weighted by molar-refractivity contribution is 5.44. The normalized spacial score (nSPS) is 18.0. The van der Waals surface area contributed by atoms with E-state index in [0.29, 0.717) is 5.92 Å². The predicted octanol–water partition coefficient (Wildman–Crippen LogP) is 3.04. The maximum absolute atomic E-state index is 5.49. The molecule has 0 N–H and O–H groups in total. The summed E-state index contributed by atoms with van der Waals surface area (Å²) in [5.74, 6) is 2.47. The largest absolute Gasteiger partial charge is 0.496 e. The average molecular weight is 283 g/mol. The van der Waals surface area contributed by atoms with E-state index in [4.69, 9.17) is 4.74 Å². The minimum absolute atomic E-state index is 0.494. The molecule has 21 heavy (non-hydrogen) atoms. The molecule has 3 rings (SSSR count). The Kier molecular flexibility index (Phi) is 4.04. The van der Waals surface area contributed by atoms with Crippen LogP contribution in [-0.4, -0.2) is 30.4 Å². The molecular formula is C17H21N3O. The van der Waals surface area contributed by atoms with Crippen LogP contribution < -0.4 is 9.64 Å². The van der Waals surface area contributed by atoms with Gasteiger partial charge in [-0.2, -0.15) is 5.10 Å². The van der Waals surface area contributed by atoms with Crippen molar-refractivity contribution in [3.05, 3.63) is 47.7 Å². The summed E-state index contributed by atoms with van der Waals surface area (Å²) in [7, 11) is 1.74. The van der Waals surface area contributed by atoms with Crippen molar-refractivity contribution >= 4 is 5.82 Å². The molecule has 1 saturated heterocycles. The molecule has 1 unspecified atom stereocenters. The molecule has 2 heterocycles. The second kappa shape index (κ2) is 6.12. The van der Waals surface area contributed by atoms with Crippen molar-refractivity contribution < 1.29 is 4.74 Å². The van der Waals surface area contributed by atoms with Gasteiger partial charge in [0.2, 0.25) is 0 Å². The molecule has 1 aliphatic heterocycles. The molecule has 0 aliphatic carbocycles. The molecule has 1 aromatic heterocycles. The monoisotopic (exact) mass is 283 g/mol. The summed E-state index contributed by atoms with van der Waals surface area (Å²) in [4.78, 5) is 2.32. The van der Waals surface area contributed by atoms with Crippen LogP contribution in [0.25, 0.3) is 0 Å². The van der Waals surface area contributed by atoms with E-state index in [9.17, 15) is 0 Å². The Hall–Kier alpha value is -2.10. The van der Waals surface area contributed by atoms with Gasteiger partial charge in [0.1, 0.15) is 5.75 Å². The third kappa shape index (κ3) is 2.84. The summed E-state index contributed by atoms with van der Waals surface area (Å²) < 4.78 is 5.49. The molecule has 1 aromatic carbocycles. The molecule has 1 aliphatic rings. The van der Waals surface area contributed by atoms with Crippen molar-refractivity contribution in [1.82, 2.24) is 10.2 Å². The molecule has 1 fully saturated rings. The van der Waals surface area contributed by atoms with Gasteiger partial charge in [0.25, 0.3) is 0 Å². The van der Waals surface area contributed by atoms with Gasteiger partial charge in [0.15, 0.2) is 5.82 Å². The van der Waals surface area contributed by atoms with Crippen LogP contribution in [0.2, 0.25) is 0 Å². The van der Waals surface area contributed by atoms with Crippen LogP contribution in [0.4, 0.5) is 5.82 Å². The molecule has 0 saturated carbocycles. The maximum atomic E-state index is 5.49. The fourth-order valence-corrected chi connectivity index (χ4v) is 2.97. The van der Waals surface area contributed by atoms with Gasteiger partial charge in [-0.25, -0.2) is 0 Å². The lowest BCUT2D eigenvalue weighted by Crippen LogP contribution is -2.21. The number of hydrogen-bond acceptors (Lipinski definition) is 4. The van der Waals surface area contributed by atoms with Crippen molar-refractivity contribution in [2.24, 2.45) is 0 Å². The van der Waals surface area contributed by atoms with Crippen LogP contribution in [0.15, 0.2) is 36.5 Å². The Morgan fingerprint density at radius 2 is 2.19 bits per heavy atom. The second-order valence-electron chi connectivity index (χ2n) is 5.45. The van der Waals surface area contributed by atoms with Crippen molar-refractivity contribution in [1.29, 1.82) is 0 Å². The third-order valence-corrected chi connectivity index (χ3v) is 4.20. The molecular weight excluding hydrogens is 262 g/mol. The van der Waals surface area contributed by atoms with E-state index >= 15 is 0 Å². The Bertz CT molecular complexity index is 614. The van der Waals surface area contributed by atoms with E-state index in [2.05, 4.69) is 40.2 Å². The SMILES string of the molecule is CCc1cnnc(N2CCC(c3ccccc3OC)C2)c1. The van der Waals surface area contributed by atoms with Crippen molar-refractivity contribution in [2.75, 3.05) is 25.1 Å². The Labute approximate surface area is 125 Å². The topological polar surface area (TPSA) is 38.2 Å². The fourth-order valence-electron chi connectivity index (χ4n) is 2.97. The van der Waals surface area contributed by atoms with Crippen LogP contribution in [0.5, 0.6) is 5.75 Å². The van der Waals surface area contributed by atoms with Crippen LogP contribution in [0.1, 0.15) is 30.4 Å². The van der Waals surface area contributed by atoms with Crippen molar-refractivity contribution in [3.8, 4) is 5.75 Å². The van der Waals surface area contributed by atoms with E-state index in [1.165, 1.54) is 11.1 Å². The number of para-hydroxylation sites is 1. The maximum Gasteiger partial charge on any atom is 0.151 e. The number of hydrogen-bond donors (Lipinski definition) is 0. The number of aromatic nitrogens is 2. The molecule has 4 heteroatoms. The number of aryl methyl sites for hydroxylation is 1. The van der Waals surface area contributed by atoms with Crippen LogP contribution in [0, 0.1) is 0 Å². The van der Waals surface area contributed by atoms with E-state index in [1.807, 2.05) is 18.3 Å². The zero-order valence-corrected chi connectivity index (χ0v) is 12.6. The van der Waals surface area contributed by atoms with Crippen LogP contribution in [-0.2, 0) is 6.42 Å². The lowest BCUT2D eigenvalue weighted by atomic mass is 9.97. The third-order valence-electron chi connectivity index (χ3n) is 4.20. The van der Waals surface area contributed by atoms with E-state index in [1.54, 1.807) is 7.11 Å². The van der Waals surface area contributed by atoms with E-state index in [0.717, 1.165) is 37.5 Å². The fraction of sp³-hybridized carbons (Fsp3) is 0.412. The number of methoxy groups -OCH3 is 1. The highest BCUT2D eigenvalue weighted by Crippen LogP contribution is 2.34. The van der Waals surface area contributed by atoms with Gasteiger partial charge in [-0.05, 0) is 36.1 Å². The molecule has 0 spiro atoms. The zero-order chi connectivity index (χ0) is 14.7. The summed E-state index contributed by atoms with van der Waals surface area (Å²) in [5.41, 5.74) is 2.53. The molecule has 110 valence electrons. The summed E-state index contributed by atoms with van der Waals surface area (Å²) in [6.45, 7) is 4.13. The van der Waals surface area contributed by atoms with Crippen LogP contribution >= 0.6 is 0 Å². The molecule has 2 aromatic rings. The number of ether oxygens (including phenoxy) is 1. The summed E-state index contributed by atoms with van der Waals surface area (Å²) in [5, 5.41) is 8.40. The standard InChI is InChI=1S/C17H21N3O/c1-3-13-10-17(19-18-11-13)20-9-8-14(12-20)15-6-4-5-7-16(15)21-2/h4-7,10-11,14H,3,8-9,12H2,1-2H3. The number of nitrogens with zero attached hydrogens (tertiary/aromatic N) is 3. The first-order valence-corrected chi connectivity index (χ1v) is 7.51. The molecule has 4 nitrogen and oxygen atoms in total. The highest BCUT2D eigenvalue weighted by Gasteiger charge is 2.27. The number of rotatable bonds is 4. The quantitative estimate of drug-likeness (QED) is 0.864. The molecule has 0 radical (unpaired) electrons. The van der Waals surface area contributed by atoms with Gasteiger partial charge in [-0.3, -0.25) is 0 Å². The minimum Gasteiger partial charge on any atom is -0.496 e. The first-order valence-electron chi connectivity index (χ1n) is 7.51.